The molecule has 1 aromatic heterocycles. The average Bonchev–Trinajstić information content (AvgIpc) is 3.47. The predicted molar refractivity (Wildman–Crippen MR) is 129 cm³/mol. The Morgan fingerprint density at radius 3 is 2.56 bits per heavy atom. The third-order valence-electron chi connectivity index (χ3n) is 7.10. The number of benzene rings is 2. The van der Waals surface area contributed by atoms with E-state index in [-0.39, 0.29) is 5.91 Å². The van der Waals surface area contributed by atoms with Crippen molar-refractivity contribution in [2.24, 2.45) is 5.92 Å². The monoisotopic (exact) mass is 446 g/mol. The fourth-order valence-electron chi connectivity index (χ4n) is 5.45. The molecule has 0 bridgehead atoms. The zero-order valence-corrected chi connectivity index (χ0v) is 19.3. The summed E-state index contributed by atoms with van der Waals surface area (Å²) in [6.07, 6.45) is 1.56. The third kappa shape index (κ3) is 4.45. The Bertz CT molecular complexity index is 1020. The maximum atomic E-state index is 13.1. The van der Waals surface area contributed by atoms with Gasteiger partial charge < -0.3 is 9.64 Å². The van der Waals surface area contributed by atoms with Crippen LogP contribution in [0.3, 0.4) is 0 Å². The lowest BCUT2D eigenvalue weighted by molar-refractivity contribution is -0.132. The molecule has 2 fully saturated rings. The van der Waals surface area contributed by atoms with Crippen molar-refractivity contribution in [1.29, 1.82) is 0 Å². The molecule has 2 aliphatic heterocycles. The second-order valence-electron chi connectivity index (χ2n) is 8.96. The average molecular weight is 447 g/mol. The molecule has 0 unspecified atom stereocenters. The number of likely N-dealkylation sites (tertiary alicyclic amines) is 2. The molecule has 0 saturated carbocycles. The molecule has 0 aliphatic carbocycles. The summed E-state index contributed by atoms with van der Waals surface area (Å²) in [4.78, 5) is 17.8. The highest BCUT2D eigenvalue weighted by molar-refractivity contribution is 7.08. The van der Waals surface area contributed by atoms with Crippen molar-refractivity contribution >= 4 is 17.2 Å². The van der Waals surface area contributed by atoms with E-state index in [1.165, 1.54) is 11.1 Å². The van der Waals surface area contributed by atoms with Crippen molar-refractivity contribution in [2.45, 2.75) is 31.3 Å². The molecule has 2 aromatic carbocycles. The van der Waals surface area contributed by atoms with Gasteiger partial charge >= 0.3 is 0 Å². The van der Waals surface area contributed by atoms with E-state index in [2.05, 4.69) is 75.8 Å². The Morgan fingerprint density at radius 2 is 1.84 bits per heavy atom. The summed E-state index contributed by atoms with van der Waals surface area (Å²) in [6, 6.07) is 21.9. The lowest BCUT2D eigenvalue weighted by Crippen LogP contribution is -2.48. The highest BCUT2D eigenvalue weighted by atomic mass is 32.1. The molecule has 3 atom stereocenters. The highest BCUT2D eigenvalue weighted by Crippen LogP contribution is 2.42. The molecular formula is C27H30N2O2S. The quantitative estimate of drug-likeness (QED) is 0.544. The molecule has 4 nitrogen and oxygen atoms in total. The predicted octanol–water partition coefficient (Wildman–Crippen LogP) is 4.82. The Balaban J connectivity index is 1.36. The molecule has 1 amide bonds. The van der Waals surface area contributed by atoms with Gasteiger partial charge in [0.1, 0.15) is 5.75 Å². The van der Waals surface area contributed by atoms with E-state index < -0.39 is 0 Å². The van der Waals surface area contributed by atoms with Crippen LogP contribution >= 0.6 is 11.3 Å². The van der Waals surface area contributed by atoms with Gasteiger partial charge in [-0.15, -0.1) is 0 Å². The maximum Gasteiger partial charge on any atom is 0.227 e. The van der Waals surface area contributed by atoms with Crippen molar-refractivity contribution in [3.05, 3.63) is 88.1 Å². The van der Waals surface area contributed by atoms with Crippen LogP contribution in [-0.2, 0) is 17.8 Å². The molecular weight excluding hydrogens is 416 g/mol. The van der Waals surface area contributed by atoms with Crippen LogP contribution in [0.15, 0.2) is 71.4 Å². The number of hydrogen-bond acceptors (Lipinski definition) is 4. The smallest absolute Gasteiger partial charge is 0.227 e. The number of methoxy groups -OCH3 is 1. The lowest BCUT2D eigenvalue weighted by atomic mass is 9.81. The summed E-state index contributed by atoms with van der Waals surface area (Å²) >= 11 is 1.66. The van der Waals surface area contributed by atoms with Gasteiger partial charge in [-0.3, -0.25) is 9.69 Å². The number of ether oxygens (including phenoxy) is 1. The number of piperidine rings is 1. The molecule has 2 aliphatic rings. The second kappa shape index (κ2) is 9.47. The molecule has 0 N–H and O–H groups in total. The van der Waals surface area contributed by atoms with Crippen LogP contribution in [-0.4, -0.2) is 48.5 Å². The number of rotatable bonds is 6. The maximum absolute atomic E-state index is 13.1. The summed E-state index contributed by atoms with van der Waals surface area (Å²) in [6.45, 7) is 3.70. The van der Waals surface area contributed by atoms with Gasteiger partial charge in [0.25, 0.3) is 0 Å². The van der Waals surface area contributed by atoms with Crippen LogP contribution < -0.4 is 4.74 Å². The standard InChI is InChI=1S/C27H30N2O2S/c1-31-23-9-7-22(8-10-23)24-17-29(16-20-5-3-2-4-6-20)26-11-13-28(18-25(24)26)27(30)15-21-12-14-32-19-21/h2-10,12,14,19,24-26H,11,13,15-18H2,1H3/t24-,25-,26-/m1/s1. The van der Waals surface area contributed by atoms with Crippen LogP contribution in [0, 0.1) is 5.92 Å². The van der Waals surface area contributed by atoms with E-state index in [0.717, 1.165) is 43.9 Å². The first-order valence-corrected chi connectivity index (χ1v) is 12.4. The SMILES string of the molecule is COc1ccc([C@H]2CN(Cc3ccccc3)[C@@H]3CCN(C(=O)Cc4ccsc4)C[C@H]23)cc1. The zero-order chi connectivity index (χ0) is 21.9. The number of nitrogens with zero attached hydrogens (tertiary/aromatic N) is 2. The fourth-order valence-corrected chi connectivity index (χ4v) is 6.12. The number of carbonyl (C=O) groups excluding carboxylic acids is 1. The van der Waals surface area contributed by atoms with Crippen molar-refractivity contribution in [3.63, 3.8) is 0 Å². The summed E-state index contributed by atoms with van der Waals surface area (Å²) in [5.41, 5.74) is 3.84. The summed E-state index contributed by atoms with van der Waals surface area (Å²) < 4.78 is 5.37. The van der Waals surface area contributed by atoms with Crippen LogP contribution in [0.2, 0.25) is 0 Å². The number of carbonyl (C=O) groups is 1. The van der Waals surface area contributed by atoms with Gasteiger partial charge in [-0.1, -0.05) is 42.5 Å². The van der Waals surface area contributed by atoms with Gasteiger partial charge in [-0.2, -0.15) is 11.3 Å². The number of thiophene rings is 1. The minimum atomic E-state index is 0.261. The van der Waals surface area contributed by atoms with Gasteiger partial charge in [0.05, 0.1) is 13.5 Å². The van der Waals surface area contributed by atoms with Crippen LogP contribution in [0.4, 0.5) is 0 Å². The molecule has 5 heteroatoms. The van der Waals surface area contributed by atoms with E-state index in [0.29, 0.717) is 24.3 Å². The molecule has 2 saturated heterocycles. The first kappa shape index (κ1) is 21.2. The zero-order valence-electron chi connectivity index (χ0n) is 18.5. The van der Waals surface area contributed by atoms with E-state index in [9.17, 15) is 4.79 Å². The molecule has 0 radical (unpaired) electrons. The van der Waals surface area contributed by atoms with Crippen LogP contribution in [0.25, 0.3) is 0 Å². The molecule has 166 valence electrons. The van der Waals surface area contributed by atoms with E-state index in [1.807, 2.05) is 5.38 Å². The minimum absolute atomic E-state index is 0.261. The van der Waals surface area contributed by atoms with Gasteiger partial charge in [-0.25, -0.2) is 0 Å². The second-order valence-corrected chi connectivity index (χ2v) is 9.74. The van der Waals surface area contributed by atoms with E-state index in [1.54, 1.807) is 18.4 Å². The highest BCUT2D eigenvalue weighted by Gasteiger charge is 2.45. The van der Waals surface area contributed by atoms with Gasteiger partial charge in [0.2, 0.25) is 5.91 Å². The Hall–Kier alpha value is -2.63. The number of amides is 1. The fraction of sp³-hybridized carbons (Fsp3) is 0.370. The van der Waals surface area contributed by atoms with Crippen molar-refractivity contribution < 1.29 is 9.53 Å². The normalized spacial score (nSPS) is 23.2. The summed E-state index contributed by atoms with van der Waals surface area (Å²) in [5.74, 6) is 2.02. The molecule has 5 rings (SSSR count). The largest absolute Gasteiger partial charge is 0.497 e. The number of fused-ring (bicyclic) bond motifs is 1. The van der Waals surface area contributed by atoms with E-state index >= 15 is 0 Å². The van der Waals surface area contributed by atoms with Gasteiger partial charge in [0, 0.05) is 44.1 Å². The first-order valence-electron chi connectivity index (χ1n) is 11.4. The summed E-state index contributed by atoms with van der Waals surface area (Å²) in [5, 5.41) is 4.13. The van der Waals surface area contributed by atoms with Crippen molar-refractivity contribution in [1.82, 2.24) is 9.80 Å². The summed E-state index contributed by atoms with van der Waals surface area (Å²) in [7, 11) is 1.71. The Labute approximate surface area is 194 Å². The van der Waals surface area contributed by atoms with E-state index in [4.69, 9.17) is 4.74 Å². The van der Waals surface area contributed by atoms with Crippen LogP contribution in [0.1, 0.15) is 29.0 Å². The Kier molecular flexibility index (Phi) is 6.28. The minimum Gasteiger partial charge on any atom is -0.497 e. The van der Waals surface area contributed by atoms with Gasteiger partial charge in [0.15, 0.2) is 0 Å². The number of hydrogen-bond donors (Lipinski definition) is 0. The van der Waals surface area contributed by atoms with Crippen molar-refractivity contribution in [2.75, 3.05) is 26.7 Å². The lowest BCUT2D eigenvalue weighted by Gasteiger charge is -2.39. The van der Waals surface area contributed by atoms with Crippen molar-refractivity contribution in [3.8, 4) is 5.75 Å². The molecule has 3 aromatic rings. The molecule has 3 heterocycles. The Morgan fingerprint density at radius 1 is 1.03 bits per heavy atom. The first-order chi connectivity index (χ1) is 15.7. The molecule has 0 spiro atoms. The molecule has 32 heavy (non-hydrogen) atoms. The topological polar surface area (TPSA) is 32.8 Å². The van der Waals surface area contributed by atoms with Gasteiger partial charge in [-0.05, 0) is 52.1 Å². The van der Waals surface area contributed by atoms with Crippen LogP contribution in [0.5, 0.6) is 5.75 Å². The third-order valence-corrected chi connectivity index (χ3v) is 7.83.